The fraction of sp³-hybridized carbons (Fsp3) is 0.378. The smallest absolute Gasteiger partial charge is 0.164 e. The Kier molecular flexibility index (Phi) is 12.6. The number of ketones is 1. The fourth-order valence-electron chi connectivity index (χ4n) is 6.33. The zero-order valence-corrected chi connectivity index (χ0v) is 35.0. The summed E-state index contributed by atoms with van der Waals surface area (Å²) in [4.78, 5) is 18.1. The van der Waals surface area contributed by atoms with Crippen LogP contribution >= 0.6 is 11.3 Å². The second-order valence-corrected chi connectivity index (χ2v) is 16.1. The predicted octanol–water partition coefficient (Wildman–Crippen LogP) is 13.6. The zero-order valence-electron chi connectivity index (χ0n) is 31.8. The van der Waals surface area contributed by atoms with Gasteiger partial charge in [0, 0.05) is 64.6 Å². The number of aliphatic hydroxyl groups is 1. The van der Waals surface area contributed by atoms with Crippen molar-refractivity contribution in [2.24, 2.45) is 10.8 Å². The molecular formula is C45H52IrNO3S-. The summed E-state index contributed by atoms with van der Waals surface area (Å²) in [7, 11) is 0. The molecule has 3 heterocycles. The maximum Gasteiger partial charge on any atom is 0.164 e. The van der Waals surface area contributed by atoms with E-state index in [0.29, 0.717) is 0 Å². The second kappa shape index (κ2) is 16.0. The number of hydrogen-bond acceptors (Lipinski definition) is 5. The SMILES string of the molecule is CCC(C)(CC)C(=O)/C=C(\O)C(C)(CC)CC.Cc1c(-c2cc3ccccc3s2)oc2c(-c3[c-]c4ccccc4c(C(C)(C)C)c3)nccc12.[Ir]. The first-order valence-corrected chi connectivity index (χ1v) is 18.8. The van der Waals surface area contributed by atoms with Crippen molar-refractivity contribution in [1.82, 2.24) is 4.98 Å². The van der Waals surface area contributed by atoms with Gasteiger partial charge >= 0.3 is 0 Å². The number of thiophene rings is 1. The number of nitrogens with zero attached hydrogens (tertiary/aromatic N) is 1. The molecule has 0 unspecified atom stereocenters. The molecule has 0 aliphatic rings. The third kappa shape index (κ3) is 8.09. The monoisotopic (exact) mass is 879 g/mol. The van der Waals surface area contributed by atoms with Gasteiger partial charge in [-0.2, -0.15) is 0 Å². The molecule has 6 heteroatoms. The summed E-state index contributed by atoms with van der Waals surface area (Å²) in [6.07, 6.45) is 6.64. The van der Waals surface area contributed by atoms with E-state index < -0.39 is 0 Å². The predicted molar refractivity (Wildman–Crippen MR) is 213 cm³/mol. The van der Waals surface area contributed by atoms with E-state index in [1.165, 1.54) is 27.1 Å². The average molecular weight is 879 g/mol. The Hall–Kier alpha value is -3.57. The van der Waals surface area contributed by atoms with Crippen LogP contribution in [0.15, 0.2) is 89.2 Å². The second-order valence-electron chi connectivity index (χ2n) is 15.1. The number of benzene rings is 3. The molecule has 1 N–H and O–H groups in total. The van der Waals surface area contributed by atoms with Gasteiger partial charge in [-0.15, -0.1) is 40.5 Å². The van der Waals surface area contributed by atoms with Crippen LogP contribution in [0.3, 0.4) is 0 Å². The summed E-state index contributed by atoms with van der Waals surface area (Å²) < 4.78 is 7.83. The summed E-state index contributed by atoms with van der Waals surface area (Å²) in [6.45, 7) is 21.0. The van der Waals surface area contributed by atoms with Crippen molar-refractivity contribution >= 4 is 48.9 Å². The van der Waals surface area contributed by atoms with Crippen molar-refractivity contribution in [3.05, 3.63) is 102 Å². The number of aliphatic hydroxyl groups excluding tert-OH is 1. The molecule has 6 rings (SSSR count). The van der Waals surface area contributed by atoms with Crippen molar-refractivity contribution in [2.75, 3.05) is 0 Å². The quantitative estimate of drug-likeness (QED) is 0.0893. The van der Waals surface area contributed by atoms with Gasteiger partial charge in [-0.25, -0.2) is 0 Å². The molecule has 0 bridgehead atoms. The normalized spacial score (nSPS) is 12.5. The molecule has 0 amide bonds. The minimum Gasteiger partial charge on any atom is -0.512 e. The maximum atomic E-state index is 12.2. The third-order valence-corrected chi connectivity index (χ3v) is 12.1. The molecule has 0 saturated heterocycles. The van der Waals surface area contributed by atoms with E-state index in [9.17, 15) is 9.90 Å². The van der Waals surface area contributed by atoms with Crippen molar-refractivity contribution in [3.8, 4) is 21.9 Å². The Balaban J connectivity index is 0.000000279. The largest absolute Gasteiger partial charge is 0.512 e. The fourth-order valence-corrected chi connectivity index (χ4v) is 7.43. The Bertz CT molecular complexity index is 2140. The van der Waals surface area contributed by atoms with Crippen LogP contribution in [0.2, 0.25) is 0 Å². The number of hydrogen-bond donors (Lipinski definition) is 1. The molecule has 0 spiro atoms. The first-order valence-electron chi connectivity index (χ1n) is 18.0. The van der Waals surface area contributed by atoms with Gasteiger partial charge in [0.25, 0.3) is 0 Å². The molecule has 4 nitrogen and oxygen atoms in total. The van der Waals surface area contributed by atoms with Crippen LogP contribution in [0.25, 0.3) is 53.7 Å². The Morgan fingerprint density at radius 1 is 0.863 bits per heavy atom. The maximum absolute atomic E-state index is 12.2. The Morgan fingerprint density at radius 2 is 1.49 bits per heavy atom. The number of carbonyl (C=O) groups excluding carboxylic acids is 1. The van der Waals surface area contributed by atoms with Gasteiger partial charge in [-0.1, -0.05) is 110 Å². The van der Waals surface area contributed by atoms with Crippen molar-refractivity contribution in [1.29, 1.82) is 0 Å². The molecule has 1 radical (unpaired) electrons. The molecule has 0 aliphatic carbocycles. The van der Waals surface area contributed by atoms with Crippen LogP contribution < -0.4 is 0 Å². The Labute approximate surface area is 321 Å². The van der Waals surface area contributed by atoms with Gasteiger partial charge in [-0.05, 0) is 61.6 Å². The van der Waals surface area contributed by atoms with E-state index in [0.717, 1.165) is 69.5 Å². The number of allylic oxidation sites excluding steroid dienone is 2. The standard InChI is InChI=1S/C30H24NOS.C15H28O2.Ir/c1-18-22-13-14-31-27(21-15-19-9-5-7-11-23(19)24(16-21)30(2,3)4)29(22)32-28(18)26-17-20-10-6-8-12-25(20)33-26;1-7-14(5,8-2)12(16)11-13(17)15(6,9-3)10-4;/h5-14,16-17H,1-4H3;11,16H,7-10H2,1-6H3;/q-1;;/b;12-11-;. The average Bonchev–Trinajstić information content (AvgIpc) is 3.71. The van der Waals surface area contributed by atoms with Crippen LogP contribution in [0.1, 0.15) is 99.1 Å². The number of carbonyl (C=O) groups is 1. The summed E-state index contributed by atoms with van der Waals surface area (Å²) in [5.41, 5.74) is 4.48. The van der Waals surface area contributed by atoms with E-state index in [2.05, 4.69) is 100 Å². The minimum absolute atomic E-state index is 0. The van der Waals surface area contributed by atoms with Crippen molar-refractivity contribution in [3.63, 3.8) is 0 Å². The van der Waals surface area contributed by atoms with Gasteiger partial charge in [0.15, 0.2) is 5.78 Å². The number of pyridine rings is 1. The molecule has 3 aromatic carbocycles. The van der Waals surface area contributed by atoms with Crippen LogP contribution in [0.5, 0.6) is 0 Å². The van der Waals surface area contributed by atoms with E-state index >= 15 is 0 Å². The summed E-state index contributed by atoms with van der Waals surface area (Å²) in [5, 5.41) is 14.8. The van der Waals surface area contributed by atoms with Gasteiger partial charge in [0.2, 0.25) is 0 Å². The topological polar surface area (TPSA) is 63.3 Å². The van der Waals surface area contributed by atoms with Crippen LogP contribution in [0.4, 0.5) is 0 Å². The number of fused-ring (bicyclic) bond motifs is 3. The molecule has 0 aliphatic heterocycles. The molecule has 271 valence electrons. The van der Waals surface area contributed by atoms with Gasteiger partial charge < -0.3 is 9.52 Å². The summed E-state index contributed by atoms with van der Waals surface area (Å²) in [6, 6.07) is 27.1. The molecule has 0 saturated carbocycles. The molecule has 3 aromatic heterocycles. The zero-order chi connectivity index (χ0) is 36.4. The molecular weight excluding hydrogens is 827 g/mol. The summed E-state index contributed by atoms with van der Waals surface area (Å²) in [5.74, 6) is 1.21. The van der Waals surface area contributed by atoms with Gasteiger partial charge in [0.1, 0.15) is 17.1 Å². The van der Waals surface area contributed by atoms with E-state index in [4.69, 9.17) is 9.40 Å². The van der Waals surface area contributed by atoms with Crippen LogP contribution in [-0.4, -0.2) is 15.9 Å². The molecule has 0 fully saturated rings. The third-order valence-electron chi connectivity index (χ3n) is 10.9. The van der Waals surface area contributed by atoms with E-state index in [-0.39, 0.29) is 47.9 Å². The van der Waals surface area contributed by atoms with Crippen molar-refractivity contribution < 1.29 is 34.4 Å². The van der Waals surface area contributed by atoms with E-state index in [1.807, 2.05) is 47.7 Å². The number of furan rings is 1. The minimum atomic E-state index is -0.337. The van der Waals surface area contributed by atoms with Crippen LogP contribution in [0, 0.1) is 23.8 Å². The number of aryl methyl sites for hydroxylation is 1. The Morgan fingerprint density at radius 3 is 2.12 bits per heavy atom. The number of rotatable bonds is 9. The molecule has 51 heavy (non-hydrogen) atoms. The number of aromatic nitrogens is 1. The van der Waals surface area contributed by atoms with Crippen molar-refractivity contribution in [2.45, 2.75) is 100 Å². The summed E-state index contributed by atoms with van der Waals surface area (Å²) >= 11 is 1.77. The van der Waals surface area contributed by atoms with Gasteiger partial charge in [0.05, 0.1) is 4.88 Å². The first kappa shape index (κ1) is 40.2. The molecule has 0 atom stereocenters. The molecule has 6 aromatic rings. The van der Waals surface area contributed by atoms with E-state index in [1.54, 1.807) is 11.3 Å². The van der Waals surface area contributed by atoms with Gasteiger partial charge in [-0.3, -0.25) is 9.78 Å². The first-order chi connectivity index (χ1) is 23.7. The van der Waals surface area contributed by atoms with Crippen LogP contribution in [-0.2, 0) is 30.3 Å².